The number of aryl methyl sites for hydroxylation is 1. The van der Waals surface area contributed by atoms with Gasteiger partial charge in [0.2, 0.25) is 15.9 Å². The second-order valence-electron chi connectivity index (χ2n) is 8.12. The van der Waals surface area contributed by atoms with Crippen molar-refractivity contribution in [1.29, 1.82) is 0 Å². The quantitative estimate of drug-likeness (QED) is 0.369. The van der Waals surface area contributed by atoms with Gasteiger partial charge in [-0.25, -0.2) is 17.8 Å². The molecule has 1 heterocycles. The molecule has 0 aliphatic carbocycles. The molecule has 0 saturated carbocycles. The monoisotopic (exact) mass is 481 g/mol. The number of hydrogen-bond acceptors (Lipinski definition) is 7. The normalized spacial score (nSPS) is 12.6. The van der Waals surface area contributed by atoms with Crippen molar-refractivity contribution < 1.29 is 22.9 Å². The van der Waals surface area contributed by atoms with Gasteiger partial charge in [0.1, 0.15) is 10.6 Å². The molecule has 0 bridgehead atoms. The molecule has 0 unspecified atom stereocenters. The highest BCUT2D eigenvalue weighted by molar-refractivity contribution is 7.89. The highest BCUT2D eigenvalue weighted by Crippen LogP contribution is 2.34. The molecule has 0 radical (unpaired) electrons. The van der Waals surface area contributed by atoms with E-state index in [-0.39, 0.29) is 45.8 Å². The van der Waals surface area contributed by atoms with Crippen molar-refractivity contribution in [1.82, 2.24) is 19.8 Å². The Bertz CT molecular complexity index is 1130. The Labute approximate surface area is 193 Å². The van der Waals surface area contributed by atoms with Crippen molar-refractivity contribution in [3.8, 4) is 11.6 Å². The van der Waals surface area contributed by atoms with Gasteiger partial charge in [0.15, 0.2) is 5.69 Å². The highest BCUT2D eigenvalue weighted by atomic mass is 32.2. The van der Waals surface area contributed by atoms with Gasteiger partial charge in [-0.15, -0.1) is 0 Å². The van der Waals surface area contributed by atoms with Crippen molar-refractivity contribution in [3.63, 3.8) is 0 Å². The Morgan fingerprint density at radius 1 is 1.27 bits per heavy atom. The molecule has 0 fully saturated rings. The molecule has 1 aromatic heterocycles. The molecule has 1 amide bonds. The first-order valence-electron chi connectivity index (χ1n) is 10.7. The molecule has 2 rings (SSSR count). The van der Waals surface area contributed by atoms with Crippen LogP contribution in [0.4, 0.5) is 5.69 Å². The van der Waals surface area contributed by atoms with Crippen LogP contribution in [0.2, 0.25) is 0 Å². The van der Waals surface area contributed by atoms with Crippen molar-refractivity contribution >= 4 is 21.6 Å². The summed E-state index contributed by atoms with van der Waals surface area (Å²) in [6.45, 7) is 11.7. The Morgan fingerprint density at radius 3 is 2.48 bits per heavy atom. The number of nitrogens with one attached hydrogen (secondary N) is 2. The summed E-state index contributed by atoms with van der Waals surface area (Å²) >= 11 is 0. The van der Waals surface area contributed by atoms with Gasteiger partial charge >= 0.3 is 0 Å². The smallest absolute Gasteiger partial charge is 0.272 e. The molecule has 0 aliphatic rings. The summed E-state index contributed by atoms with van der Waals surface area (Å²) in [6, 6.07) is 2.96. The van der Waals surface area contributed by atoms with E-state index in [0.717, 1.165) is 12.1 Å². The van der Waals surface area contributed by atoms with Crippen LogP contribution in [0.25, 0.3) is 0 Å². The Balaban J connectivity index is 2.54. The number of ether oxygens (including phenoxy) is 1. The van der Waals surface area contributed by atoms with Gasteiger partial charge in [0, 0.05) is 36.8 Å². The van der Waals surface area contributed by atoms with E-state index < -0.39 is 14.9 Å². The third-order valence-electron chi connectivity index (χ3n) is 4.92. The molecule has 12 heteroatoms. The molecule has 2 aromatic rings. The molecule has 182 valence electrons. The number of rotatable bonds is 11. The van der Waals surface area contributed by atoms with Gasteiger partial charge in [0.25, 0.3) is 11.6 Å². The predicted octanol–water partition coefficient (Wildman–Crippen LogP) is 3.37. The first-order valence-corrected chi connectivity index (χ1v) is 12.2. The average molecular weight is 482 g/mol. The number of nitro groups is 1. The molecule has 0 saturated heterocycles. The molecule has 1 aromatic carbocycles. The summed E-state index contributed by atoms with van der Waals surface area (Å²) in [5.41, 5.74) is 0.201. The number of nitro benzene ring substituents is 1. The fraction of sp³-hybridized carbons (Fsp3) is 0.524. The second-order valence-corrected chi connectivity index (χ2v) is 9.80. The largest absolute Gasteiger partial charge is 0.438 e. The predicted molar refractivity (Wildman–Crippen MR) is 123 cm³/mol. The third-order valence-corrected chi connectivity index (χ3v) is 6.53. The Hall–Kier alpha value is -2.99. The molecule has 0 aliphatic heterocycles. The molecular weight excluding hydrogens is 450 g/mol. The SMILES string of the molecule is CC[C@@H](C)NS(=O)(=O)c1cc([N+](=O)[O-])ccc1Oc1c(C)c(C(=O)NCC(C)C)nn1CC. The molecule has 1 atom stereocenters. The van der Waals surface area contributed by atoms with Crippen molar-refractivity contribution in [2.24, 2.45) is 5.92 Å². The summed E-state index contributed by atoms with van der Waals surface area (Å²) in [6.07, 6.45) is 0.529. The minimum atomic E-state index is -4.13. The van der Waals surface area contributed by atoms with E-state index in [0.29, 0.717) is 25.1 Å². The standard InChI is InChI=1S/C21H31N5O6S/c1-7-14(5)24-33(30,31)18-11-16(26(28)29)9-10-17(18)32-21-15(6)19(23-25(21)8-2)20(27)22-12-13(3)4/h9-11,13-14,24H,7-8,12H2,1-6H3,(H,22,27)/t14-/m1/s1. The van der Waals surface area contributed by atoms with Crippen LogP contribution in [0.15, 0.2) is 23.1 Å². The van der Waals surface area contributed by atoms with Gasteiger partial charge in [-0.3, -0.25) is 14.9 Å². The number of carbonyl (C=O) groups excluding carboxylic acids is 1. The van der Waals surface area contributed by atoms with Gasteiger partial charge < -0.3 is 10.1 Å². The van der Waals surface area contributed by atoms with E-state index in [2.05, 4.69) is 15.1 Å². The Morgan fingerprint density at radius 2 is 1.94 bits per heavy atom. The number of hydrogen-bond donors (Lipinski definition) is 2. The van der Waals surface area contributed by atoms with Gasteiger partial charge in [0.05, 0.1) is 4.92 Å². The minimum absolute atomic E-state index is 0.108. The second kappa shape index (κ2) is 10.8. The van der Waals surface area contributed by atoms with E-state index in [9.17, 15) is 23.3 Å². The van der Waals surface area contributed by atoms with E-state index in [1.807, 2.05) is 20.8 Å². The highest BCUT2D eigenvalue weighted by Gasteiger charge is 2.27. The number of nitrogens with zero attached hydrogens (tertiary/aromatic N) is 3. The Kier molecular flexibility index (Phi) is 8.56. The lowest BCUT2D eigenvalue weighted by Gasteiger charge is -2.16. The molecule has 2 N–H and O–H groups in total. The van der Waals surface area contributed by atoms with Gasteiger partial charge in [-0.1, -0.05) is 20.8 Å². The summed E-state index contributed by atoms with van der Waals surface area (Å²) in [5.74, 6) is -0.0402. The zero-order valence-electron chi connectivity index (χ0n) is 19.7. The van der Waals surface area contributed by atoms with Crippen LogP contribution < -0.4 is 14.8 Å². The third kappa shape index (κ3) is 6.29. The number of non-ortho nitro benzene ring substituents is 1. The van der Waals surface area contributed by atoms with Crippen molar-refractivity contribution in [3.05, 3.63) is 39.6 Å². The summed E-state index contributed by atoms with van der Waals surface area (Å²) in [4.78, 5) is 22.8. The number of sulfonamides is 1. The van der Waals surface area contributed by atoms with Crippen LogP contribution in [-0.2, 0) is 16.6 Å². The van der Waals surface area contributed by atoms with Gasteiger partial charge in [-0.2, -0.15) is 5.10 Å². The lowest BCUT2D eigenvalue weighted by Crippen LogP contribution is -2.32. The van der Waals surface area contributed by atoms with E-state index in [4.69, 9.17) is 4.74 Å². The van der Waals surface area contributed by atoms with Crippen molar-refractivity contribution in [2.75, 3.05) is 6.54 Å². The molecule has 11 nitrogen and oxygen atoms in total. The lowest BCUT2D eigenvalue weighted by molar-refractivity contribution is -0.385. The van der Waals surface area contributed by atoms with Crippen molar-refractivity contribution in [2.45, 2.75) is 65.4 Å². The number of carbonyl (C=O) groups is 1. The zero-order chi connectivity index (χ0) is 24.9. The van der Waals surface area contributed by atoms with Crippen LogP contribution in [0.1, 0.15) is 57.1 Å². The summed E-state index contributed by atoms with van der Waals surface area (Å²) in [5, 5.41) is 18.4. The minimum Gasteiger partial charge on any atom is -0.438 e. The summed E-state index contributed by atoms with van der Waals surface area (Å²) < 4.78 is 35.8. The zero-order valence-corrected chi connectivity index (χ0v) is 20.5. The van der Waals surface area contributed by atoms with E-state index >= 15 is 0 Å². The van der Waals surface area contributed by atoms with Crippen LogP contribution in [-0.4, -0.2) is 41.6 Å². The number of aromatic nitrogens is 2. The topological polar surface area (TPSA) is 145 Å². The molecular formula is C21H31N5O6S. The first kappa shape index (κ1) is 26.3. The first-order chi connectivity index (χ1) is 15.4. The van der Waals surface area contributed by atoms with Gasteiger partial charge in [-0.05, 0) is 39.2 Å². The maximum absolute atomic E-state index is 13.0. The molecule has 33 heavy (non-hydrogen) atoms. The number of amides is 1. The van der Waals surface area contributed by atoms with Crippen LogP contribution in [0.5, 0.6) is 11.6 Å². The van der Waals surface area contributed by atoms with E-state index in [1.165, 1.54) is 10.7 Å². The van der Waals surface area contributed by atoms with E-state index in [1.54, 1.807) is 20.8 Å². The fourth-order valence-corrected chi connectivity index (χ4v) is 4.37. The van der Waals surface area contributed by atoms with Crippen LogP contribution in [0, 0.1) is 23.0 Å². The average Bonchev–Trinajstić information content (AvgIpc) is 3.07. The van der Waals surface area contributed by atoms with Crippen LogP contribution >= 0.6 is 0 Å². The van der Waals surface area contributed by atoms with Crippen LogP contribution in [0.3, 0.4) is 0 Å². The fourth-order valence-electron chi connectivity index (χ4n) is 2.90. The summed E-state index contributed by atoms with van der Waals surface area (Å²) in [7, 11) is -4.13. The maximum Gasteiger partial charge on any atom is 0.272 e. The molecule has 0 spiro atoms. The number of benzene rings is 1. The maximum atomic E-state index is 13.0. The lowest BCUT2D eigenvalue weighted by atomic mass is 10.2.